The van der Waals surface area contributed by atoms with Crippen LogP contribution >= 0.6 is 23.4 Å². The Labute approximate surface area is 160 Å². The van der Waals surface area contributed by atoms with Gasteiger partial charge in [-0.3, -0.25) is 15.0 Å². The number of rotatable bonds is 5. The highest BCUT2D eigenvalue weighted by molar-refractivity contribution is 8.15. The quantitative estimate of drug-likeness (QED) is 0.683. The predicted octanol–water partition coefficient (Wildman–Crippen LogP) is 3.59. The van der Waals surface area contributed by atoms with Crippen molar-refractivity contribution in [1.82, 2.24) is 5.32 Å². The number of benzene rings is 2. The van der Waals surface area contributed by atoms with Crippen LogP contribution < -0.4 is 16.1 Å². The Bertz CT molecular complexity index is 858. The maximum absolute atomic E-state index is 12.2. The molecule has 3 rings (SSSR count). The second-order valence-corrected chi connectivity index (χ2v) is 7.31. The normalized spacial score (nSPS) is 17.8. The minimum atomic E-state index is -0.521. The molecule has 0 unspecified atom stereocenters. The maximum atomic E-state index is 12.2. The lowest BCUT2D eigenvalue weighted by Crippen LogP contribution is -2.28. The number of aryl methyl sites for hydroxylation is 1. The summed E-state index contributed by atoms with van der Waals surface area (Å²) in [7, 11) is 0. The van der Waals surface area contributed by atoms with E-state index >= 15 is 0 Å². The molecule has 1 saturated heterocycles. The summed E-state index contributed by atoms with van der Waals surface area (Å²) in [6.45, 7) is 1.89. The smallest absolute Gasteiger partial charge is 0.240 e. The van der Waals surface area contributed by atoms with Crippen LogP contribution in [-0.4, -0.2) is 22.2 Å². The molecule has 0 radical (unpaired) electrons. The zero-order chi connectivity index (χ0) is 18.5. The average Bonchev–Trinajstić information content (AvgIpc) is 2.97. The van der Waals surface area contributed by atoms with Crippen LogP contribution in [0.1, 0.15) is 12.0 Å². The largest absolute Gasteiger partial charge is 0.326 e. The summed E-state index contributed by atoms with van der Waals surface area (Å²) < 4.78 is 0. The van der Waals surface area contributed by atoms with E-state index in [4.69, 9.17) is 11.6 Å². The van der Waals surface area contributed by atoms with Crippen LogP contribution in [0.25, 0.3) is 0 Å². The van der Waals surface area contributed by atoms with E-state index in [9.17, 15) is 9.59 Å². The zero-order valence-electron chi connectivity index (χ0n) is 14.0. The first-order valence-corrected chi connectivity index (χ1v) is 9.19. The molecule has 1 atom stereocenters. The Morgan fingerprint density at radius 3 is 2.73 bits per heavy atom. The Morgan fingerprint density at radius 1 is 1.23 bits per heavy atom. The number of anilines is 2. The van der Waals surface area contributed by atoms with Crippen LogP contribution in [0.15, 0.2) is 53.6 Å². The van der Waals surface area contributed by atoms with Gasteiger partial charge in [-0.1, -0.05) is 47.6 Å². The fourth-order valence-corrected chi connectivity index (χ4v) is 3.38. The van der Waals surface area contributed by atoms with Crippen molar-refractivity contribution in [2.24, 2.45) is 5.10 Å². The minimum absolute atomic E-state index is 0.0480. The fraction of sp³-hybridized carbons (Fsp3) is 0.167. The first kappa shape index (κ1) is 18.3. The molecule has 0 bridgehead atoms. The van der Waals surface area contributed by atoms with Crippen LogP contribution in [0.4, 0.5) is 11.4 Å². The van der Waals surface area contributed by atoms with Crippen LogP contribution in [0.3, 0.4) is 0 Å². The lowest BCUT2D eigenvalue weighted by Gasteiger charge is -2.08. The number of amidine groups is 1. The van der Waals surface area contributed by atoms with Gasteiger partial charge in [-0.25, -0.2) is 0 Å². The lowest BCUT2D eigenvalue weighted by atomic mass is 10.2. The van der Waals surface area contributed by atoms with E-state index in [0.29, 0.717) is 15.9 Å². The number of hydrazone groups is 1. The number of nitrogens with one attached hydrogen (secondary N) is 3. The first-order chi connectivity index (χ1) is 12.5. The number of carbonyl (C=O) groups is 2. The molecule has 1 heterocycles. The molecule has 1 aliphatic heterocycles. The van der Waals surface area contributed by atoms with Gasteiger partial charge in [0.15, 0.2) is 5.17 Å². The zero-order valence-corrected chi connectivity index (χ0v) is 15.5. The average molecular weight is 389 g/mol. The topological polar surface area (TPSA) is 82.6 Å². The van der Waals surface area contributed by atoms with Gasteiger partial charge in [0, 0.05) is 17.1 Å². The Hall–Kier alpha value is -2.51. The van der Waals surface area contributed by atoms with E-state index in [1.54, 1.807) is 12.1 Å². The highest BCUT2D eigenvalue weighted by Crippen LogP contribution is 2.24. The van der Waals surface area contributed by atoms with Crippen molar-refractivity contribution in [1.29, 1.82) is 0 Å². The van der Waals surface area contributed by atoms with Gasteiger partial charge < -0.3 is 10.6 Å². The summed E-state index contributed by atoms with van der Waals surface area (Å²) in [5, 5.41) is 10.1. The van der Waals surface area contributed by atoms with Crippen LogP contribution in [0, 0.1) is 6.92 Å². The maximum Gasteiger partial charge on any atom is 0.240 e. The number of amides is 2. The standard InChI is InChI=1S/C18H17ClN4O2S/c1-11-7-8-13(9-14(11)19)20-16(24)10-15-17(25)21-18(26-15)23-22-12-5-3-2-4-6-12/h2-9,15,22H,10H2,1H3,(H,20,24)(H,21,23,25)/t15-/m0/s1. The van der Waals surface area contributed by atoms with Gasteiger partial charge in [0.1, 0.15) is 5.25 Å². The van der Waals surface area contributed by atoms with Crippen molar-refractivity contribution in [2.45, 2.75) is 18.6 Å². The molecule has 6 nitrogen and oxygen atoms in total. The molecule has 26 heavy (non-hydrogen) atoms. The molecule has 134 valence electrons. The van der Waals surface area contributed by atoms with Gasteiger partial charge in [0.25, 0.3) is 0 Å². The molecule has 2 aromatic rings. The van der Waals surface area contributed by atoms with E-state index < -0.39 is 5.25 Å². The second-order valence-electron chi connectivity index (χ2n) is 5.71. The third-order valence-corrected chi connectivity index (χ3v) is 5.15. The van der Waals surface area contributed by atoms with Crippen molar-refractivity contribution in [3.05, 3.63) is 59.1 Å². The van der Waals surface area contributed by atoms with Crippen LogP contribution in [-0.2, 0) is 9.59 Å². The number of hydrogen-bond acceptors (Lipinski definition) is 5. The molecular weight excluding hydrogens is 372 g/mol. The molecule has 0 spiro atoms. The summed E-state index contributed by atoms with van der Waals surface area (Å²) in [6.07, 6.45) is 0.0480. The van der Waals surface area contributed by atoms with Gasteiger partial charge in [0.05, 0.1) is 5.69 Å². The summed E-state index contributed by atoms with van der Waals surface area (Å²) in [5.74, 6) is -0.490. The molecule has 2 amide bonds. The van der Waals surface area contributed by atoms with Crippen molar-refractivity contribution in [3.63, 3.8) is 0 Å². The van der Waals surface area contributed by atoms with Crippen molar-refractivity contribution in [3.8, 4) is 0 Å². The first-order valence-electron chi connectivity index (χ1n) is 7.93. The van der Waals surface area contributed by atoms with Gasteiger partial charge in [-0.05, 0) is 36.8 Å². The fourth-order valence-electron chi connectivity index (χ4n) is 2.27. The van der Waals surface area contributed by atoms with Gasteiger partial charge >= 0.3 is 0 Å². The molecule has 0 saturated carbocycles. The summed E-state index contributed by atoms with van der Waals surface area (Å²) >= 11 is 7.28. The highest BCUT2D eigenvalue weighted by atomic mass is 35.5. The lowest BCUT2D eigenvalue weighted by molar-refractivity contribution is -0.122. The SMILES string of the molecule is Cc1ccc(NC(=O)C[C@@H]2S/C(=N/Nc3ccccc3)NC2=O)cc1Cl. The van der Waals surface area contributed by atoms with Gasteiger partial charge in [-0.2, -0.15) is 0 Å². The van der Waals surface area contributed by atoms with Crippen molar-refractivity contribution in [2.75, 3.05) is 10.7 Å². The predicted molar refractivity (Wildman–Crippen MR) is 106 cm³/mol. The van der Waals surface area contributed by atoms with Gasteiger partial charge in [-0.15, -0.1) is 5.10 Å². The number of nitrogens with zero attached hydrogens (tertiary/aromatic N) is 1. The minimum Gasteiger partial charge on any atom is -0.326 e. The third kappa shape index (κ3) is 4.77. The molecule has 0 aliphatic carbocycles. The van der Waals surface area contributed by atoms with E-state index in [2.05, 4.69) is 21.2 Å². The highest BCUT2D eigenvalue weighted by Gasteiger charge is 2.32. The Morgan fingerprint density at radius 2 is 2.00 bits per heavy atom. The summed E-state index contributed by atoms with van der Waals surface area (Å²) in [5.41, 5.74) is 5.22. The number of carbonyl (C=O) groups excluding carboxylic acids is 2. The monoisotopic (exact) mass is 388 g/mol. The number of halogens is 1. The molecule has 0 aromatic heterocycles. The van der Waals surface area contributed by atoms with Crippen LogP contribution in [0.2, 0.25) is 5.02 Å². The Balaban J connectivity index is 1.55. The van der Waals surface area contributed by atoms with E-state index in [-0.39, 0.29) is 18.2 Å². The van der Waals surface area contributed by atoms with Gasteiger partial charge in [0.2, 0.25) is 11.8 Å². The number of hydrogen-bond donors (Lipinski definition) is 3. The third-order valence-electron chi connectivity index (χ3n) is 3.66. The molecule has 8 heteroatoms. The van der Waals surface area contributed by atoms with E-state index in [0.717, 1.165) is 11.3 Å². The van der Waals surface area contributed by atoms with Crippen molar-refractivity contribution >= 4 is 51.7 Å². The van der Waals surface area contributed by atoms with Crippen molar-refractivity contribution < 1.29 is 9.59 Å². The molecule has 1 aliphatic rings. The summed E-state index contributed by atoms with van der Waals surface area (Å²) in [6, 6.07) is 14.7. The number of para-hydroxylation sites is 1. The van der Waals surface area contributed by atoms with E-state index in [1.807, 2.05) is 43.3 Å². The molecular formula is C18H17ClN4O2S. The molecule has 2 aromatic carbocycles. The van der Waals surface area contributed by atoms with E-state index in [1.165, 1.54) is 11.8 Å². The molecule has 3 N–H and O–H groups in total. The second kappa shape index (κ2) is 8.25. The Kier molecular flexibility index (Phi) is 5.80. The van der Waals surface area contributed by atoms with Crippen LogP contribution in [0.5, 0.6) is 0 Å². The molecule has 1 fully saturated rings. The number of thioether (sulfide) groups is 1. The summed E-state index contributed by atoms with van der Waals surface area (Å²) in [4.78, 5) is 24.2.